The van der Waals surface area contributed by atoms with Gasteiger partial charge in [-0.15, -0.1) is 0 Å². The van der Waals surface area contributed by atoms with Crippen LogP contribution in [0.25, 0.3) is 0 Å². The Hall–Kier alpha value is -0.760. The van der Waals surface area contributed by atoms with Gasteiger partial charge in [-0.05, 0) is 35.7 Å². The fourth-order valence-corrected chi connectivity index (χ4v) is 4.15. The highest BCUT2D eigenvalue weighted by Gasteiger charge is 2.44. The number of hydrogen-bond donors (Lipinski definition) is 1. The largest absolute Gasteiger partial charge is 0.387 e. The van der Waals surface area contributed by atoms with Gasteiger partial charge in [-0.2, -0.15) is 0 Å². The van der Waals surface area contributed by atoms with Gasteiger partial charge in [0, 0.05) is 32.4 Å². The molecule has 0 aromatic carbocycles. The lowest BCUT2D eigenvalue weighted by atomic mass is 9.65. The highest BCUT2D eigenvalue weighted by Crippen LogP contribution is 2.47. The topological polar surface area (TPSA) is 15.3 Å². The summed E-state index contributed by atoms with van der Waals surface area (Å²) in [6.07, 6.45) is 11.0. The SMILES string of the molecule is CC1(C)CCCC2CN(CC3=CNCC=C3)CC21. The summed E-state index contributed by atoms with van der Waals surface area (Å²) >= 11 is 0. The summed E-state index contributed by atoms with van der Waals surface area (Å²) in [6, 6.07) is 0. The van der Waals surface area contributed by atoms with Crippen LogP contribution in [0.3, 0.4) is 0 Å². The van der Waals surface area contributed by atoms with Crippen molar-refractivity contribution < 1.29 is 0 Å². The summed E-state index contributed by atoms with van der Waals surface area (Å²) in [4.78, 5) is 2.67. The minimum Gasteiger partial charge on any atom is -0.387 e. The van der Waals surface area contributed by atoms with Gasteiger partial charge in [0.25, 0.3) is 0 Å². The Bertz CT molecular complexity index is 367. The standard InChI is InChI=1S/C16H26N2/c1-16(2)7-3-6-14-11-18(12-15(14)16)10-13-5-4-8-17-9-13/h4-5,9,14-15,17H,3,6-8,10-12H2,1-2H3. The molecular formula is C16H26N2. The van der Waals surface area contributed by atoms with Gasteiger partial charge in [0.15, 0.2) is 0 Å². The van der Waals surface area contributed by atoms with E-state index in [1.165, 1.54) is 37.9 Å². The molecule has 2 atom stereocenters. The van der Waals surface area contributed by atoms with E-state index in [-0.39, 0.29) is 0 Å². The first-order chi connectivity index (χ1) is 8.65. The number of fused-ring (bicyclic) bond motifs is 1. The Morgan fingerprint density at radius 3 is 3.00 bits per heavy atom. The molecule has 0 radical (unpaired) electrons. The lowest BCUT2D eigenvalue weighted by molar-refractivity contribution is 0.111. The second-order valence-electron chi connectivity index (χ2n) is 6.97. The van der Waals surface area contributed by atoms with E-state index >= 15 is 0 Å². The minimum atomic E-state index is 0.562. The fourth-order valence-electron chi connectivity index (χ4n) is 4.15. The Morgan fingerprint density at radius 2 is 2.28 bits per heavy atom. The molecule has 2 heteroatoms. The molecule has 1 saturated heterocycles. The van der Waals surface area contributed by atoms with E-state index in [0.29, 0.717) is 5.41 Å². The lowest BCUT2D eigenvalue weighted by Gasteiger charge is -2.40. The van der Waals surface area contributed by atoms with Crippen molar-refractivity contribution in [2.45, 2.75) is 33.1 Å². The van der Waals surface area contributed by atoms with E-state index in [0.717, 1.165) is 24.9 Å². The Labute approximate surface area is 111 Å². The average molecular weight is 246 g/mol. The summed E-state index contributed by atoms with van der Waals surface area (Å²) in [7, 11) is 0. The van der Waals surface area contributed by atoms with Crippen molar-refractivity contribution in [1.82, 2.24) is 10.2 Å². The summed E-state index contributed by atoms with van der Waals surface area (Å²) < 4.78 is 0. The van der Waals surface area contributed by atoms with Gasteiger partial charge in [-0.3, -0.25) is 4.90 Å². The zero-order valence-corrected chi connectivity index (χ0v) is 11.8. The van der Waals surface area contributed by atoms with Crippen molar-refractivity contribution in [3.63, 3.8) is 0 Å². The van der Waals surface area contributed by atoms with Gasteiger partial charge in [0.1, 0.15) is 0 Å². The van der Waals surface area contributed by atoms with Crippen LogP contribution in [0.5, 0.6) is 0 Å². The predicted octanol–water partition coefficient (Wildman–Crippen LogP) is 2.79. The van der Waals surface area contributed by atoms with E-state index in [1.807, 2.05) is 0 Å². The van der Waals surface area contributed by atoms with Crippen LogP contribution >= 0.6 is 0 Å². The normalized spacial score (nSPS) is 34.9. The second-order valence-corrected chi connectivity index (χ2v) is 6.97. The molecular weight excluding hydrogens is 220 g/mol. The molecule has 2 unspecified atom stereocenters. The summed E-state index contributed by atoms with van der Waals surface area (Å²) in [6.45, 7) is 9.71. The van der Waals surface area contributed by atoms with Crippen LogP contribution in [-0.4, -0.2) is 31.1 Å². The highest BCUT2D eigenvalue weighted by atomic mass is 15.2. The van der Waals surface area contributed by atoms with Gasteiger partial charge in [0.05, 0.1) is 0 Å². The predicted molar refractivity (Wildman–Crippen MR) is 76.3 cm³/mol. The van der Waals surface area contributed by atoms with Crippen LogP contribution in [0, 0.1) is 17.3 Å². The zero-order chi connectivity index (χ0) is 12.6. The van der Waals surface area contributed by atoms with Gasteiger partial charge >= 0.3 is 0 Å². The Morgan fingerprint density at radius 1 is 1.39 bits per heavy atom. The number of rotatable bonds is 2. The number of nitrogens with zero attached hydrogens (tertiary/aromatic N) is 1. The van der Waals surface area contributed by atoms with Gasteiger partial charge in [-0.1, -0.05) is 32.4 Å². The number of nitrogens with one attached hydrogen (secondary N) is 1. The smallest absolute Gasteiger partial charge is 0.0328 e. The van der Waals surface area contributed by atoms with Crippen LogP contribution in [0.1, 0.15) is 33.1 Å². The van der Waals surface area contributed by atoms with Gasteiger partial charge < -0.3 is 5.32 Å². The van der Waals surface area contributed by atoms with Crippen molar-refractivity contribution in [3.8, 4) is 0 Å². The minimum absolute atomic E-state index is 0.562. The molecule has 3 aliphatic rings. The quantitative estimate of drug-likeness (QED) is 0.806. The molecule has 2 fully saturated rings. The Kier molecular flexibility index (Phi) is 3.23. The maximum absolute atomic E-state index is 3.31. The first-order valence-electron chi connectivity index (χ1n) is 7.46. The van der Waals surface area contributed by atoms with Crippen LogP contribution < -0.4 is 5.32 Å². The zero-order valence-electron chi connectivity index (χ0n) is 11.8. The maximum Gasteiger partial charge on any atom is 0.0328 e. The van der Waals surface area contributed by atoms with E-state index in [9.17, 15) is 0 Å². The van der Waals surface area contributed by atoms with Gasteiger partial charge in [0.2, 0.25) is 0 Å². The Balaban J connectivity index is 1.64. The molecule has 2 heterocycles. The van der Waals surface area contributed by atoms with Crippen molar-refractivity contribution in [2.24, 2.45) is 17.3 Å². The van der Waals surface area contributed by atoms with Crippen LogP contribution in [0.4, 0.5) is 0 Å². The highest BCUT2D eigenvalue weighted by molar-refractivity contribution is 5.23. The summed E-state index contributed by atoms with van der Waals surface area (Å²) in [5, 5.41) is 3.31. The molecule has 2 aliphatic heterocycles. The van der Waals surface area contributed by atoms with Crippen LogP contribution in [-0.2, 0) is 0 Å². The molecule has 18 heavy (non-hydrogen) atoms. The molecule has 0 amide bonds. The van der Waals surface area contributed by atoms with Crippen molar-refractivity contribution in [1.29, 1.82) is 0 Å². The lowest BCUT2D eigenvalue weighted by Crippen LogP contribution is -2.34. The van der Waals surface area contributed by atoms with Crippen molar-refractivity contribution in [3.05, 3.63) is 23.9 Å². The second kappa shape index (κ2) is 4.73. The van der Waals surface area contributed by atoms with E-state index in [1.54, 1.807) is 0 Å². The third-order valence-electron chi connectivity index (χ3n) is 5.18. The van der Waals surface area contributed by atoms with Crippen molar-refractivity contribution in [2.75, 3.05) is 26.2 Å². The molecule has 0 bridgehead atoms. The molecule has 0 aromatic heterocycles. The first-order valence-corrected chi connectivity index (χ1v) is 7.46. The summed E-state index contributed by atoms with van der Waals surface area (Å²) in [5.41, 5.74) is 2.00. The number of dihydropyridines is 1. The van der Waals surface area contributed by atoms with Gasteiger partial charge in [-0.25, -0.2) is 0 Å². The molecule has 0 aromatic rings. The summed E-state index contributed by atoms with van der Waals surface area (Å²) in [5.74, 6) is 1.88. The van der Waals surface area contributed by atoms with E-state index < -0.39 is 0 Å². The number of hydrogen-bond acceptors (Lipinski definition) is 2. The third-order valence-corrected chi connectivity index (χ3v) is 5.18. The monoisotopic (exact) mass is 246 g/mol. The molecule has 2 nitrogen and oxygen atoms in total. The molecule has 3 rings (SSSR count). The molecule has 100 valence electrons. The van der Waals surface area contributed by atoms with Crippen LogP contribution in [0.2, 0.25) is 0 Å². The first kappa shape index (κ1) is 12.3. The third kappa shape index (κ3) is 2.35. The molecule has 0 spiro atoms. The maximum atomic E-state index is 3.31. The van der Waals surface area contributed by atoms with Crippen molar-refractivity contribution >= 4 is 0 Å². The molecule has 1 aliphatic carbocycles. The average Bonchev–Trinajstić information content (AvgIpc) is 2.74. The molecule has 1 saturated carbocycles. The number of likely N-dealkylation sites (tertiary alicyclic amines) is 1. The van der Waals surface area contributed by atoms with Crippen LogP contribution in [0.15, 0.2) is 23.9 Å². The van der Waals surface area contributed by atoms with E-state index in [2.05, 4.69) is 42.4 Å². The van der Waals surface area contributed by atoms with E-state index in [4.69, 9.17) is 0 Å². The fraction of sp³-hybridized carbons (Fsp3) is 0.750. The molecule has 1 N–H and O–H groups in total.